The normalized spacial score (nSPS) is 18.7. The molecule has 2 heterocycles. The fourth-order valence-electron chi connectivity index (χ4n) is 2.12. The lowest BCUT2D eigenvalue weighted by atomic mass is 9.97. The lowest BCUT2D eigenvalue weighted by molar-refractivity contribution is -0.131. The topological polar surface area (TPSA) is 67.8 Å². The molecule has 0 atom stereocenters. The summed E-state index contributed by atoms with van der Waals surface area (Å²) in [6.45, 7) is 0.954. The molecule has 0 saturated heterocycles. The minimum Gasteiger partial charge on any atom is -0.478 e. The molecule has 0 fully saturated rings. The molecule has 0 aromatic heterocycles. The molecule has 0 amide bonds. The zero-order chi connectivity index (χ0) is 11.8. The molecule has 0 spiro atoms. The van der Waals surface area contributed by atoms with Gasteiger partial charge in [-0.25, -0.2) is 4.79 Å². The predicted molar refractivity (Wildman–Crippen MR) is 59.9 cm³/mol. The highest BCUT2D eigenvalue weighted by Gasteiger charge is 2.21. The van der Waals surface area contributed by atoms with Crippen LogP contribution in [0.25, 0.3) is 5.70 Å². The Bertz CT molecular complexity index is 521. The van der Waals surface area contributed by atoms with Crippen LogP contribution in [0.5, 0.6) is 11.5 Å². The summed E-state index contributed by atoms with van der Waals surface area (Å²) in [4.78, 5) is 10.7. The molecular weight excluding hydrogens is 222 g/mol. The van der Waals surface area contributed by atoms with E-state index in [0.29, 0.717) is 11.4 Å². The van der Waals surface area contributed by atoms with E-state index < -0.39 is 5.97 Å². The van der Waals surface area contributed by atoms with Crippen LogP contribution in [0, 0.1) is 0 Å². The molecule has 5 nitrogen and oxygen atoms in total. The molecular formula is C12H11NO4. The smallest absolute Gasteiger partial charge is 0.330 e. The molecule has 0 aliphatic carbocycles. The lowest BCUT2D eigenvalue weighted by Crippen LogP contribution is -2.23. The number of hydrogen-bond acceptors (Lipinski definition) is 4. The number of carbonyl (C=O) groups is 1. The predicted octanol–water partition coefficient (Wildman–Crippen LogP) is 0.987. The lowest BCUT2D eigenvalue weighted by Gasteiger charge is -2.21. The Labute approximate surface area is 97.7 Å². The van der Waals surface area contributed by atoms with E-state index in [2.05, 4.69) is 5.32 Å². The van der Waals surface area contributed by atoms with Gasteiger partial charge < -0.3 is 19.9 Å². The van der Waals surface area contributed by atoms with E-state index in [4.69, 9.17) is 14.6 Å². The first-order valence-corrected chi connectivity index (χ1v) is 5.35. The van der Waals surface area contributed by atoms with Gasteiger partial charge in [0.05, 0.1) is 0 Å². The van der Waals surface area contributed by atoms with E-state index in [1.54, 1.807) is 0 Å². The van der Waals surface area contributed by atoms with Gasteiger partial charge in [0.1, 0.15) is 0 Å². The number of benzene rings is 1. The van der Waals surface area contributed by atoms with Crippen molar-refractivity contribution in [2.75, 3.05) is 13.3 Å². The Kier molecular flexibility index (Phi) is 2.18. The number of aliphatic carboxylic acids is 1. The van der Waals surface area contributed by atoms with Gasteiger partial charge in [-0.1, -0.05) is 0 Å². The van der Waals surface area contributed by atoms with Crippen LogP contribution in [-0.2, 0) is 11.2 Å². The molecule has 0 radical (unpaired) electrons. The van der Waals surface area contributed by atoms with E-state index in [1.807, 2.05) is 12.1 Å². The van der Waals surface area contributed by atoms with Gasteiger partial charge in [0.25, 0.3) is 0 Å². The van der Waals surface area contributed by atoms with Crippen LogP contribution in [-0.4, -0.2) is 24.4 Å². The van der Waals surface area contributed by atoms with Gasteiger partial charge in [-0.15, -0.1) is 0 Å². The van der Waals surface area contributed by atoms with Crippen molar-refractivity contribution in [3.8, 4) is 11.5 Å². The monoisotopic (exact) mass is 233 g/mol. The molecule has 3 rings (SSSR count). The summed E-state index contributed by atoms with van der Waals surface area (Å²) >= 11 is 0. The zero-order valence-electron chi connectivity index (χ0n) is 9.03. The van der Waals surface area contributed by atoms with Crippen molar-refractivity contribution in [2.24, 2.45) is 0 Å². The number of fused-ring (bicyclic) bond motifs is 2. The summed E-state index contributed by atoms with van der Waals surface area (Å²) < 4.78 is 10.6. The minimum atomic E-state index is -0.960. The van der Waals surface area contributed by atoms with Gasteiger partial charge in [-0.3, -0.25) is 0 Å². The molecule has 0 saturated carbocycles. The highest BCUT2D eigenvalue weighted by Crippen LogP contribution is 2.37. The maximum atomic E-state index is 10.7. The number of ether oxygens (including phenoxy) is 2. The third-order valence-electron chi connectivity index (χ3n) is 2.87. The van der Waals surface area contributed by atoms with Crippen LogP contribution < -0.4 is 14.8 Å². The van der Waals surface area contributed by atoms with Crippen LogP contribution in [0.3, 0.4) is 0 Å². The molecule has 0 bridgehead atoms. The first-order chi connectivity index (χ1) is 8.24. The summed E-state index contributed by atoms with van der Waals surface area (Å²) in [5.74, 6) is 0.446. The minimum absolute atomic E-state index is 0.226. The molecule has 2 N–H and O–H groups in total. The standard InChI is InChI=1S/C12H11NO4/c14-12(15)5-9-8-4-11-10(16-6-17-11)3-7(8)1-2-13-9/h3-5,13H,1-2,6H2,(H,14,15)/b9-5-. The Balaban J connectivity index is 2.11. The van der Waals surface area contributed by atoms with Gasteiger partial charge >= 0.3 is 5.97 Å². The van der Waals surface area contributed by atoms with Crippen molar-refractivity contribution < 1.29 is 19.4 Å². The molecule has 1 aromatic carbocycles. The van der Waals surface area contributed by atoms with Crippen molar-refractivity contribution in [3.63, 3.8) is 0 Å². The fourth-order valence-corrected chi connectivity index (χ4v) is 2.12. The van der Waals surface area contributed by atoms with Crippen LogP contribution in [0.15, 0.2) is 18.2 Å². The number of rotatable bonds is 1. The summed E-state index contributed by atoms with van der Waals surface area (Å²) in [5, 5.41) is 11.9. The summed E-state index contributed by atoms with van der Waals surface area (Å²) in [6.07, 6.45) is 2.03. The van der Waals surface area contributed by atoms with Gasteiger partial charge in [0, 0.05) is 23.9 Å². The van der Waals surface area contributed by atoms with Crippen molar-refractivity contribution in [3.05, 3.63) is 29.3 Å². The molecule has 88 valence electrons. The molecule has 2 aliphatic heterocycles. The van der Waals surface area contributed by atoms with Crippen LogP contribution in [0.4, 0.5) is 0 Å². The van der Waals surface area contributed by atoms with E-state index in [9.17, 15) is 4.79 Å². The third-order valence-corrected chi connectivity index (χ3v) is 2.87. The Morgan fingerprint density at radius 3 is 2.88 bits per heavy atom. The van der Waals surface area contributed by atoms with Crippen molar-refractivity contribution in [2.45, 2.75) is 6.42 Å². The zero-order valence-corrected chi connectivity index (χ0v) is 9.03. The molecule has 0 unspecified atom stereocenters. The van der Waals surface area contributed by atoms with Crippen LogP contribution in [0.2, 0.25) is 0 Å². The second kappa shape index (κ2) is 3.69. The van der Waals surface area contributed by atoms with Crippen molar-refractivity contribution >= 4 is 11.7 Å². The maximum absolute atomic E-state index is 10.7. The molecule has 17 heavy (non-hydrogen) atoms. The Hall–Kier alpha value is -2.17. The summed E-state index contributed by atoms with van der Waals surface area (Å²) in [5.41, 5.74) is 2.58. The van der Waals surface area contributed by atoms with Gasteiger partial charge in [0.15, 0.2) is 11.5 Å². The van der Waals surface area contributed by atoms with Crippen molar-refractivity contribution in [1.82, 2.24) is 5.32 Å². The molecule has 5 heteroatoms. The second-order valence-corrected chi connectivity index (χ2v) is 3.94. The largest absolute Gasteiger partial charge is 0.478 e. The van der Waals surface area contributed by atoms with Gasteiger partial charge in [-0.05, 0) is 24.1 Å². The van der Waals surface area contributed by atoms with Gasteiger partial charge in [0.2, 0.25) is 6.79 Å². The number of hydrogen-bond donors (Lipinski definition) is 2. The SMILES string of the molecule is O=C(O)/C=C1\NCCc2cc3c(cc21)OCO3. The van der Waals surface area contributed by atoms with Crippen LogP contribution in [0.1, 0.15) is 11.1 Å². The average Bonchev–Trinajstić information content (AvgIpc) is 2.73. The molecule has 1 aromatic rings. The van der Waals surface area contributed by atoms with Crippen LogP contribution >= 0.6 is 0 Å². The number of carboxylic acid groups (broad SMARTS) is 1. The second-order valence-electron chi connectivity index (χ2n) is 3.94. The summed E-state index contributed by atoms with van der Waals surface area (Å²) in [6, 6.07) is 3.76. The Morgan fingerprint density at radius 2 is 2.12 bits per heavy atom. The van der Waals surface area contributed by atoms with E-state index in [-0.39, 0.29) is 6.79 Å². The highest BCUT2D eigenvalue weighted by molar-refractivity contribution is 5.90. The Morgan fingerprint density at radius 1 is 1.35 bits per heavy atom. The highest BCUT2D eigenvalue weighted by atomic mass is 16.7. The molecule has 2 aliphatic rings. The first-order valence-electron chi connectivity index (χ1n) is 5.35. The van der Waals surface area contributed by atoms with E-state index in [1.165, 1.54) is 6.08 Å². The summed E-state index contributed by atoms with van der Waals surface area (Å²) in [7, 11) is 0. The van der Waals surface area contributed by atoms with E-state index in [0.717, 1.165) is 29.8 Å². The average molecular weight is 233 g/mol. The maximum Gasteiger partial charge on any atom is 0.330 e. The van der Waals surface area contributed by atoms with E-state index >= 15 is 0 Å². The fraction of sp³-hybridized carbons (Fsp3) is 0.250. The van der Waals surface area contributed by atoms with Gasteiger partial charge in [-0.2, -0.15) is 0 Å². The first kappa shape index (κ1) is 10.0. The number of nitrogens with one attached hydrogen (secondary N) is 1. The third kappa shape index (κ3) is 1.69. The number of carboxylic acids is 1. The quantitative estimate of drug-likeness (QED) is 0.708. The van der Waals surface area contributed by atoms with Crippen molar-refractivity contribution in [1.29, 1.82) is 0 Å².